The molecule has 0 radical (unpaired) electrons. The smallest absolute Gasteiger partial charge is 0.325 e. The Labute approximate surface area is 192 Å². The van der Waals surface area contributed by atoms with Crippen LogP contribution in [0, 0.1) is 0 Å². The molecule has 5 rings (SSSR count). The minimum Gasteiger partial charge on any atom is -0.454 e. The van der Waals surface area contributed by atoms with Crippen LogP contribution >= 0.6 is 11.3 Å². The third-order valence-corrected chi connectivity index (χ3v) is 6.38. The van der Waals surface area contributed by atoms with Gasteiger partial charge in [-0.05, 0) is 30.2 Å². The molecule has 0 spiro atoms. The maximum atomic E-state index is 13.2. The van der Waals surface area contributed by atoms with Crippen molar-refractivity contribution in [3.05, 3.63) is 69.7 Å². The maximum Gasteiger partial charge on any atom is 0.325 e. The number of benzene rings is 2. The van der Waals surface area contributed by atoms with Crippen molar-refractivity contribution in [2.45, 2.75) is 25.6 Å². The van der Waals surface area contributed by atoms with E-state index in [1.807, 2.05) is 30.3 Å². The number of amides is 4. The van der Waals surface area contributed by atoms with Crippen LogP contribution in [0.4, 0.5) is 4.79 Å². The first-order valence-electron chi connectivity index (χ1n) is 10.1. The first-order valence-corrected chi connectivity index (χ1v) is 10.9. The predicted molar refractivity (Wildman–Crippen MR) is 117 cm³/mol. The number of fused-ring (bicyclic) bond motifs is 1. The molecule has 1 aromatic heterocycles. The fourth-order valence-corrected chi connectivity index (χ4v) is 4.39. The zero-order valence-electron chi connectivity index (χ0n) is 17.5. The van der Waals surface area contributed by atoms with Crippen molar-refractivity contribution >= 4 is 29.2 Å². The highest BCUT2D eigenvalue weighted by molar-refractivity contribution is 7.13. The summed E-state index contributed by atoms with van der Waals surface area (Å²) in [5.41, 5.74) is 0.266. The Hall–Kier alpha value is -3.99. The number of rotatable bonds is 6. The molecule has 1 fully saturated rings. The lowest BCUT2D eigenvalue weighted by atomic mass is 9.91. The highest BCUT2D eigenvalue weighted by Gasteiger charge is 2.49. The molecule has 1 atom stereocenters. The third-order valence-electron chi connectivity index (χ3n) is 5.48. The van der Waals surface area contributed by atoms with Crippen LogP contribution in [0.15, 0.2) is 48.5 Å². The third kappa shape index (κ3) is 3.87. The fraction of sp³-hybridized carbons (Fsp3) is 0.227. The summed E-state index contributed by atoms with van der Waals surface area (Å²) in [6.45, 7) is 2.01. The van der Waals surface area contributed by atoms with E-state index in [9.17, 15) is 14.4 Å². The molecule has 168 valence electrons. The standard InChI is InChI=1S/C22H19N5O5S/c1-22(14-7-8-15-16(9-14)32-12-31-15)20(29)27(21(30)24-22)11-17-25-26-19(33-17)18(28)23-10-13-5-3-2-4-6-13/h2-9H,10-12H2,1H3,(H,23,28)(H,24,30). The largest absolute Gasteiger partial charge is 0.454 e. The quantitative estimate of drug-likeness (QED) is 0.535. The van der Waals surface area contributed by atoms with E-state index in [1.165, 1.54) is 0 Å². The molecule has 0 saturated carbocycles. The van der Waals surface area contributed by atoms with E-state index >= 15 is 0 Å². The Morgan fingerprint density at radius 1 is 1.15 bits per heavy atom. The molecule has 0 aliphatic carbocycles. The molecule has 11 heteroatoms. The van der Waals surface area contributed by atoms with E-state index in [1.54, 1.807) is 25.1 Å². The Bertz CT molecular complexity index is 1250. The summed E-state index contributed by atoms with van der Waals surface area (Å²) in [6, 6.07) is 14.0. The summed E-state index contributed by atoms with van der Waals surface area (Å²) in [5, 5.41) is 14.0. The lowest BCUT2D eigenvalue weighted by Gasteiger charge is -2.22. The second-order valence-corrected chi connectivity index (χ2v) is 8.75. The van der Waals surface area contributed by atoms with Crippen molar-refractivity contribution in [3.63, 3.8) is 0 Å². The highest BCUT2D eigenvalue weighted by atomic mass is 32.1. The number of ether oxygens (including phenoxy) is 2. The van der Waals surface area contributed by atoms with E-state index in [2.05, 4.69) is 20.8 Å². The normalized spacial score (nSPS) is 19.0. The van der Waals surface area contributed by atoms with Gasteiger partial charge < -0.3 is 20.1 Å². The minimum atomic E-state index is -1.27. The molecule has 33 heavy (non-hydrogen) atoms. The Balaban J connectivity index is 1.27. The van der Waals surface area contributed by atoms with Gasteiger partial charge in [-0.25, -0.2) is 4.79 Å². The van der Waals surface area contributed by atoms with Crippen LogP contribution in [0.1, 0.15) is 32.9 Å². The summed E-state index contributed by atoms with van der Waals surface area (Å²) in [5.74, 6) is 0.300. The molecule has 10 nitrogen and oxygen atoms in total. The highest BCUT2D eigenvalue weighted by Crippen LogP contribution is 2.38. The zero-order chi connectivity index (χ0) is 23.0. The van der Waals surface area contributed by atoms with Crippen LogP contribution < -0.4 is 20.1 Å². The number of nitrogens with zero attached hydrogens (tertiary/aromatic N) is 3. The zero-order valence-corrected chi connectivity index (χ0v) is 18.3. The van der Waals surface area contributed by atoms with Crippen LogP contribution in [0.5, 0.6) is 11.5 Å². The van der Waals surface area contributed by atoms with Crippen LogP contribution in [-0.2, 0) is 23.4 Å². The molecule has 2 N–H and O–H groups in total. The molecule has 0 bridgehead atoms. The SMILES string of the molecule is CC1(c2ccc3c(c2)OCO3)NC(=O)N(Cc2nnc(C(=O)NCc3ccccc3)s2)C1=O. The summed E-state index contributed by atoms with van der Waals surface area (Å²) < 4.78 is 10.7. The molecular formula is C22H19N5O5S. The maximum absolute atomic E-state index is 13.2. The van der Waals surface area contributed by atoms with E-state index in [0.29, 0.717) is 28.6 Å². The number of aromatic nitrogens is 2. The fourth-order valence-electron chi connectivity index (χ4n) is 3.64. The molecule has 1 unspecified atom stereocenters. The van der Waals surface area contributed by atoms with Gasteiger partial charge in [-0.2, -0.15) is 0 Å². The number of imide groups is 1. The number of hydrogen-bond acceptors (Lipinski definition) is 8. The van der Waals surface area contributed by atoms with Crippen LogP contribution in [0.25, 0.3) is 0 Å². The van der Waals surface area contributed by atoms with Gasteiger partial charge in [0.2, 0.25) is 11.8 Å². The van der Waals surface area contributed by atoms with Crippen LogP contribution in [-0.4, -0.2) is 39.7 Å². The van der Waals surface area contributed by atoms with E-state index in [0.717, 1.165) is 21.8 Å². The molecule has 3 heterocycles. The molecule has 1 saturated heterocycles. The van der Waals surface area contributed by atoms with Gasteiger partial charge in [0.25, 0.3) is 11.8 Å². The second-order valence-electron chi connectivity index (χ2n) is 7.68. The van der Waals surface area contributed by atoms with Gasteiger partial charge in [-0.15, -0.1) is 10.2 Å². The number of carbonyl (C=O) groups excluding carboxylic acids is 3. The van der Waals surface area contributed by atoms with Crippen molar-refractivity contribution in [3.8, 4) is 11.5 Å². The molecule has 2 aromatic carbocycles. The van der Waals surface area contributed by atoms with Gasteiger partial charge in [0.1, 0.15) is 10.5 Å². The summed E-state index contributed by atoms with van der Waals surface area (Å²) in [7, 11) is 0. The lowest BCUT2D eigenvalue weighted by molar-refractivity contribution is -0.131. The van der Waals surface area contributed by atoms with Crippen molar-refractivity contribution in [2.75, 3.05) is 6.79 Å². The molecule has 2 aliphatic heterocycles. The number of nitrogens with one attached hydrogen (secondary N) is 2. The van der Waals surface area contributed by atoms with Gasteiger partial charge in [0.05, 0.1) is 6.54 Å². The van der Waals surface area contributed by atoms with Gasteiger partial charge in [0, 0.05) is 6.54 Å². The van der Waals surface area contributed by atoms with E-state index in [4.69, 9.17) is 9.47 Å². The van der Waals surface area contributed by atoms with Crippen molar-refractivity contribution in [1.29, 1.82) is 0 Å². The predicted octanol–water partition coefficient (Wildman–Crippen LogP) is 2.16. The van der Waals surface area contributed by atoms with Crippen LogP contribution in [0.2, 0.25) is 0 Å². The van der Waals surface area contributed by atoms with Crippen LogP contribution in [0.3, 0.4) is 0 Å². The van der Waals surface area contributed by atoms with Gasteiger partial charge >= 0.3 is 6.03 Å². The summed E-state index contributed by atoms with van der Waals surface area (Å²) in [4.78, 5) is 39.3. The topological polar surface area (TPSA) is 123 Å². The molecular weight excluding hydrogens is 446 g/mol. The number of hydrogen-bond donors (Lipinski definition) is 2. The Morgan fingerprint density at radius 3 is 2.76 bits per heavy atom. The van der Waals surface area contributed by atoms with Crippen molar-refractivity contribution < 1.29 is 23.9 Å². The Morgan fingerprint density at radius 2 is 1.94 bits per heavy atom. The second kappa shape index (κ2) is 8.17. The van der Waals surface area contributed by atoms with E-state index < -0.39 is 17.5 Å². The van der Waals surface area contributed by atoms with Crippen molar-refractivity contribution in [1.82, 2.24) is 25.7 Å². The summed E-state index contributed by atoms with van der Waals surface area (Å²) in [6.07, 6.45) is 0. The monoisotopic (exact) mass is 465 g/mol. The van der Waals surface area contributed by atoms with E-state index in [-0.39, 0.29) is 24.3 Å². The summed E-state index contributed by atoms with van der Waals surface area (Å²) >= 11 is 1.03. The number of carbonyl (C=O) groups is 3. The Kier molecular flexibility index (Phi) is 5.17. The first kappa shape index (κ1) is 20.9. The van der Waals surface area contributed by atoms with Crippen molar-refractivity contribution in [2.24, 2.45) is 0 Å². The molecule has 4 amide bonds. The molecule has 2 aliphatic rings. The number of urea groups is 1. The van der Waals surface area contributed by atoms with Gasteiger partial charge in [-0.1, -0.05) is 47.7 Å². The van der Waals surface area contributed by atoms with Gasteiger partial charge in [-0.3, -0.25) is 14.5 Å². The lowest BCUT2D eigenvalue weighted by Crippen LogP contribution is -2.40. The average Bonchev–Trinajstić information content (AvgIpc) is 3.54. The van der Waals surface area contributed by atoms with Gasteiger partial charge in [0.15, 0.2) is 11.5 Å². The average molecular weight is 465 g/mol. The minimum absolute atomic E-state index is 0.0888. The molecule has 3 aromatic rings. The first-order chi connectivity index (χ1) is 15.9.